The van der Waals surface area contributed by atoms with E-state index in [0.29, 0.717) is 16.9 Å². The van der Waals surface area contributed by atoms with Crippen LogP contribution in [0.3, 0.4) is 0 Å². The SMILES string of the molecule is NC(=O)C(c1ncncn1)[N+]12CCC(CC1)[C@@H](OC(=O)C(O)(c1ccco1)C1CCCC1)C2. The Labute approximate surface area is 191 Å². The standard InChI is InChI=1S/C23H29N5O5/c24-20(29)19(21-26-13-25-14-27-21)28-9-7-15(8-10-28)17(12-28)33-22(30)23(31,16-4-1-2-5-16)18-6-3-11-32-18/h3,6,11,13-17,19,31H,1-2,4-5,7-10,12H2,(H-,24,29)/p+1/t15?,17-,19?,23?,28?/m0/s1. The molecule has 3 N–H and O–H groups in total. The second-order valence-corrected chi connectivity index (χ2v) is 9.66. The molecular formula is C23H30N5O5+. The highest BCUT2D eigenvalue weighted by atomic mass is 16.6. The summed E-state index contributed by atoms with van der Waals surface area (Å²) in [6, 6.07) is 2.56. The van der Waals surface area contributed by atoms with Crippen molar-refractivity contribution in [2.24, 2.45) is 17.6 Å². The third-order valence-corrected chi connectivity index (χ3v) is 7.95. The minimum absolute atomic E-state index is 0.172. The highest BCUT2D eigenvalue weighted by molar-refractivity contribution is 5.81. The molecule has 5 heterocycles. The van der Waals surface area contributed by atoms with Gasteiger partial charge in [-0.15, -0.1) is 0 Å². The van der Waals surface area contributed by atoms with Crippen LogP contribution in [0, 0.1) is 11.8 Å². The molecule has 33 heavy (non-hydrogen) atoms. The number of primary amides is 1. The van der Waals surface area contributed by atoms with E-state index >= 15 is 0 Å². The van der Waals surface area contributed by atoms with Gasteiger partial charge in [0.15, 0.2) is 11.9 Å². The summed E-state index contributed by atoms with van der Waals surface area (Å²) in [4.78, 5) is 38.3. The molecular weight excluding hydrogens is 426 g/mol. The zero-order valence-electron chi connectivity index (χ0n) is 18.5. The van der Waals surface area contributed by atoms with Crippen LogP contribution >= 0.6 is 0 Å². The molecule has 6 rings (SSSR count). The summed E-state index contributed by atoms with van der Waals surface area (Å²) in [6.45, 7) is 1.88. The number of esters is 1. The molecule has 10 nitrogen and oxygen atoms in total. The molecule has 2 bridgehead atoms. The van der Waals surface area contributed by atoms with Gasteiger partial charge in [-0.25, -0.2) is 19.7 Å². The van der Waals surface area contributed by atoms with Crippen LogP contribution in [0.5, 0.6) is 0 Å². The number of aliphatic hydroxyl groups is 1. The Hall–Kier alpha value is -2.85. The molecule has 2 aromatic heterocycles. The van der Waals surface area contributed by atoms with Gasteiger partial charge in [0, 0.05) is 24.7 Å². The smallest absolute Gasteiger partial charge is 0.346 e. The molecule has 2 aromatic rings. The maximum Gasteiger partial charge on any atom is 0.346 e. The molecule has 0 aromatic carbocycles. The fraction of sp³-hybridized carbons (Fsp3) is 0.609. The van der Waals surface area contributed by atoms with Gasteiger partial charge >= 0.3 is 5.97 Å². The molecule has 1 amide bonds. The Morgan fingerprint density at radius 1 is 1.18 bits per heavy atom. The van der Waals surface area contributed by atoms with E-state index < -0.39 is 29.6 Å². The topological polar surface area (TPSA) is 141 Å². The normalized spacial score (nSPS) is 30.0. The molecule has 3 aliphatic heterocycles. The number of ether oxygens (including phenoxy) is 1. The van der Waals surface area contributed by atoms with Crippen LogP contribution < -0.4 is 5.73 Å². The van der Waals surface area contributed by atoms with Crippen molar-refractivity contribution >= 4 is 11.9 Å². The average Bonchev–Trinajstić information content (AvgIpc) is 3.55. The van der Waals surface area contributed by atoms with Gasteiger partial charge in [-0.1, -0.05) is 12.8 Å². The maximum atomic E-state index is 13.5. The lowest BCUT2D eigenvalue weighted by atomic mass is 9.80. The van der Waals surface area contributed by atoms with Crippen molar-refractivity contribution in [3.05, 3.63) is 42.6 Å². The van der Waals surface area contributed by atoms with Crippen LogP contribution in [0.2, 0.25) is 0 Å². The molecule has 1 aliphatic carbocycles. The van der Waals surface area contributed by atoms with Crippen molar-refractivity contribution in [2.45, 2.75) is 56.3 Å². The zero-order valence-corrected chi connectivity index (χ0v) is 18.5. The number of piperidine rings is 3. The van der Waals surface area contributed by atoms with Gasteiger partial charge in [-0.3, -0.25) is 4.79 Å². The fourth-order valence-corrected chi connectivity index (χ4v) is 6.23. The molecule has 4 aliphatic rings. The Balaban J connectivity index is 1.41. The summed E-state index contributed by atoms with van der Waals surface area (Å²) in [6.07, 6.45) is 8.71. The Kier molecular flexibility index (Phi) is 5.65. The van der Waals surface area contributed by atoms with Gasteiger partial charge in [0.1, 0.15) is 25.0 Å². The third kappa shape index (κ3) is 3.71. The Morgan fingerprint density at radius 2 is 1.88 bits per heavy atom. The van der Waals surface area contributed by atoms with Crippen LogP contribution in [0.25, 0.3) is 0 Å². The lowest BCUT2D eigenvalue weighted by Crippen LogP contribution is -2.68. The van der Waals surface area contributed by atoms with E-state index in [1.807, 2.05) is 0 Å². The number of rotatable bonds is 7. The minimum Gasteiger partial charge on any atom is -0.466 e. The van der Waals surface area contributed by atoms with E-state index in [-0.39, 0.29) is 17.6 Å². The van der Waals surface area contributed by atoms with E-state index in [4.69, 9.17) is 14.9 Å². The monoisotopic (exact) mass is 456 g/mol. The molecule has 3 atom stereocenters. The van der Waals surface area contributed by atoms with Gasteiger partial charge in [0.2, 0.25) is 11.6 Å². The number of hydrogen-bond donors (Lipinski definition) is 2. The summed E-state index contributed by atoms with van der Waals surface area (Å²) < 4.78 is 11.9. The first-order valence-corrected chi connectivity index (χ1v) is 11.7. The van der Waals surface area contributed by atoms with Crippen molar-refractivity contribution in [2.75, 3.05) is 19.6 Å². The molecule has 1 saturated carbocycles. The van der Waals surface area contributed by atoms with Gasteiger partial charge in [-0.05, 0) is 25.0 Å². The van der Waals surface area contributed by atoms with E-state index in [1.54, 1.807) is 12.1 Å². The number of carbonyl (C=O) groups is 2. The summed E-state index contributed by atoms with van der Waals surface area (Å²) in [5, 5.41) is 11.6. The average molecular weight is 457 g/mol. The van der Waals surface area contributed by atoms with Crippen molar-refractivity contribution in [1.82, 2.24) is 15.0 Å². The number of furan rings is 1. The molecule has 3 saturated heterocycles. The maximum absolute atomic E-state index is 13.5. The zero-order chi connectivity index (χ0) is 23.1. The quantitative estimate of drug-likeness (QED) is 0.468. The summed E-state index contributed by atoms with van der Waals surface area (Å²) in [7, 11) is 0. The summed E-state index contributed by atoms with van der Waals surface area (Å²) in [5.41, 5.74) is 4.01. The number of nitrogens with two attached hydrogens (primary N) is 1. The third-order valence-electron chi connectivity index (χ3n) is 7.95. The first-order chi connectivity index (χ1) is 15.9. The molecule has 0 spiro atoms. The first kappa shape index (κ1) is 22.0. The molecule has 176 valence electrons. The number of aromatic nitrogens is 3. The lowest BCUT2D eigenvalue weighted by molar-refractivity contribution is -0.965. The molecule has 2 unspecified atom stereocenters. The second-order valence-electron chi connectivity index (χ2n) is 9.66. The predicted molar refractivity (Wildman–Crippen MR) is 114 cm³/mol. The van der Waals surface area contributed by atoms with Gasteiger partial charge in [-0.2, -0.15) is 0 Å². The number of carbonyl (C=O) groups excluding carboxylic acids is 2. The Morgan fingerprint density at radius 3 is 2.48 bits per heavy atom. The number of fused-ring (bicyclic) bond motifs is 3. The van der Waals surface area contributed by atoms with Crippen molar-refractivity contribution in [3.8, 4) is 0 Å². The largest absolute Gasteiger partial charge is 0.466 e. The van der Waals surface area contributed by atoms with Crippen LogP contribution in [0.1, 0.15) is 56.2 Å². The van der Waals surface area contributed by atoms with Crippen LogP contribution in [-0.4, -0.2) is 62.2 Å². The minimum atomic E-state index is -1.81. The van der Waals surface area contributed by atoms with Gasteiger partial charge < -0.3 is 24.5 Å². The number of hydrogen-bond acceptors (Lipinski definition) is 8. The van der Waals surface area contributed by atoms with Crippen LogP contribution in [-0.2, 0) is 19.9 Å². The van der Waals surface area contributed by atoms with Gasteiger partial charge in [0.05, 0.1) is 19.4 Å². The summed E-state index contributed by atoms with van der Waals surface area (Å²) in [5.74, 6) is -0.693. The summed E-state index contributed by atoms with van der Waals surface area (Å²) >= 11 is 0. The van der Waals surface area contributed by atoms with E-state index in [1.165, 1.54) is 18.9 Å². The number of nitrogens with zero attached hydrogens (tertiary/aromatic N) is 4. The van der Waals surface area contributed by atoms with Crippen molar-refractivity contribution < 1.29 is 28.3 Å². The first-order valence-electron chi connectivity index (χ1n) is 11.7. The lowest BCUT2D eigenvalue weighted by Gasteiger charge is -2.54. The van der Waals surface area contributed by atoms with Crippen LogP contribution in [0.15, 0.2) is 35.5 Å². The fourth-order valence-electron chi connectivity index (χ4n) is 6.23. The second kappa shape index (κ2) is 8.49. The van der Waals surface area contributed by atoms with Crippen LogP contribution in [0.4, 0.5) is 0 Å². The van der Waals surface area contributed by atoms with Crippen molar-refractivity contribution in [3.63, 3.8) is 0 Å². The highest BCUT2D eigenvalue weighted by Gasteiger charge is 2.57. The molecule has 10 heteroatoms. The molecule has 4 fully saturated rings. The van der Waals surface area contributed by atoms with E-state index in [2.05, 4.69) is 15.0 Å². The van der Waals surface area contributed by atoms with E-state index in [9.17, 15) is 14.7 Å². The number of amides is 1. The van der Waals surface area contributed by atoms with E-state index in [0.717, 1.165) is 51.6 Å². The predicted octanol–water partition coefficient (Wildman–Crippen LogP) is 1.22. The van der Waals surface area contributed by atoms with Crippen molar-refractivity contribution in [1.29, 1.82) is 0 Å². The Bertz CT molecular complexity index is 986. The number of quaternary nitrogens is 1. The molecule has 0 radical (unpaired) electrons. The van der Waals surface area contributed by atoms with Gasteiger partial charge in [0.25, 0.3) is 5.91 Å². The highest BCUT2D eigenvalue weighted by Crippen LogP contribution is 2.45.